The van der Waals surface area contributed by atoms with Crippen molar-refractivity contribution in [3.05, 3.63) is 65.6 Å². The lowest BCUT2D eigenvalue weighted by atomic mass is 10.2. The van der Waals surface area contributed by atoms with Crippen molar-refractivity contribution in [3.8, 4) is 0 Å². The first kappa shape index (κ1) is 20.1. The molecule has 1 aliphatic rings. The number of ether oxygens (including phenoxy) is 2. The third kappa shape index (κ3) is 4.05. The Bertz CT molecular complexity index is 1120. The number of fused-ring (bicyclic) bond motifs is 1. The number of nitrogens with one attached hydrogen (secondary N) is 1. The zero-order chi connectivity index (χ0) is 21.3. The van der Waals surface area contributed by atoms with E-state index in [1.54, 1.807) is 47.9 Å². The van der Waals surface area contributed by atoms with Crippen molar-refractivity contribution >= 4 is 28.5 Å². The quantitative estimate of drug-likeness (QED) is 0.646. The molecule has 1 aliphatic heterocycles. The second-order valence-electron chi connectivity index (χ2n) is 7.34. The van der Waals surface area contributed by atoms with Crippen molar-refractivity contribution in [2.45, 2.75) is 25.7 Å². The molecular formula is C22H21FN2O5. The van der Waals surface area contributed by atoms with E-state index in [0.717, 1.165) is 0 Å². The molecule has 3 aromatic rings. The largest absolute Gasteiger partial charge is 0.477 e. The fourth-order valence-corrected chi connectivity index (χ4v) is 3.65. The first-order valence-corrected chi connectivity index (χ1v) is 9.52. The third-order valence-electron chi connectivity index (χ3n) is 5.07. The number of carbonyl (C=O) groups is 2. The van der Waals surface area contributed by atoms with Gasteiger partial charge in [0.15, 0.2) is 5.79 Å². The summed E-state index contributed by atoms with van der Waals surface area (Å²) in [6.45, 7) is 2.69. The highest BCUT2D eigenvalue weighted by Gasteiger charge is 2.33. The van der Waals surface area contributed by atoms with E-state index in [1.807, 2.05) is 0 Å². The molecule has 0 bridgehead atoms. The Hall–Kier alpha value is -3.23. The molecule has 1 aromatic heterocycles. The Balaban J connectivity index is 1.61. The van der Waals surface area contributed by atoms with Crippen molar-refractivity contribution in [1.82, 2.24) is 4.57 Å². The number of amides is 1. The molecule has 0 spiro atoms. The summed E-state index contributed by atoms with van der Waals surface area (Å²) < 4.78 is 26.5. The minimum atomic E-state index is -1.11. The van der Waals surface area contributed by atoms with Crippen LogP contribution in [0.3, 0.4) is 0 Å². The first-order chi connectivity index (χ1) is 14.3. The van der Waals surface area contributed by atoms with Crippen LogP contribution < -0.4 is 5.32 Å². The summed E-state index contributed by atoms with van der Waals surface area (Å²) in [4.78, 5) is 24.1. The van der Waals surface area contributed by atoms with Gasteiger partial charge in [-0.3, -0.25) is 4.79 Å². The zero-order valence-corrected chi connectivity index (χ0v) is 16.4. The van der Waals surface area contributed by atoms with E-state index in [0.29, 0.717) is 35.4 Å². The monoisotopic (exact) mass is 412 g/mol. The van der Waals surface area contributed by atoms with Crippen LogP contribution in [-0.2, 0) is 20.8 Å². The molecule has 2 aromatic carbocycles. The van der Waals surface area contributed by atoms with Crippen LogP contribution in [0.2, 0.25) is 0 Å². The Labute approximate surface area is 172 Å². The van der Waals surface area contributed by atoms with Gasteiger partial charge in [0.1, 0.15) is 11.5 Å². The molecule has 4 rings (SSSR count). The maximum absolute atomic E-state index is 14.1. The molecule has 1 saturated heterocycles. The lowest BCUT2D eigenvalue weighted by Gasteiger charge is -2.21. The van der Waals surface area contributed by atoms with Crippen LogP contribution >= 0.6 is 0 Å². The average molecular weight is 412 g/mol. The SMILES string of the molecule is CC1(CC(=O)Nc2ccc3c(c2)cc(C(=O)O)n3Cc2ccccc2F)OCCO1. The molecule has 30 heavy (non-hydrogen) atoms. The molecular weight excluding hydrogens is 391 g/mol. The number of anilines is 1. The van der Waals surface area contributed by atoms with Crippen LogP contribution in [0, 0.1) is 5.82 Å². The molecule has 2 N–H and O–H groups in total. The number of benzene rings is 2. The second kappa shape index (κ2) is 7.89. The minimum absolute atomic E-state index is 0.0389. The fourth-order valence-electron chi connectivity index (χ4n) is 3.65. The van der Waals surface area contributed by atoms with Gasteiger partial charge >= 0.3 is 5.97 Å². The highest BCUT2D eigenvalue weighted by atomic mass is 19.1. The van der Waals surface area contributed by atoms with Crippen LogP contribution in [0.4, 0.5) is 10.1 Å². The molecule has 156 valence electrons. The van der Waals surface area contributed by atoms with Crippen LogP contribution in [0.25, 0.3) is 10.9 Å². The molecule has 0 atom stereocenters. The predicted octanol–water partition coefficient (Wildman–Crippen LogP) is 3.62. The van der Waals surface area contributed by atoms with E-state index < -0.39 is 17.6 Å². The van der Waals surface area contributed by atoms with Gasteiger partial charge in [-0.25, -0.2) is 9.18 Å². The van der Waals surface area contributed by atoms with Gasteiger partial charge in [0, 0.05) is 22.2 Å². The normalized spacial score (nSPS) is 15.4. The Morgan fingerprint density at radius 2 is 1.90 bits per heavy atom. The molecule has 0 unspecified atom stereocenters. The summed E-state index contributed by atoms with van der Waals surface area (Å²) in [6, 6.07) is 12.8. The van der Waals surface area contributed by atoms with E-state index in [-0.39, 0.29) is 24.6 Å². The van der Waals surface area contributed by atoms with Gasteiger partial charge in [-0.1, -0.05) is 18.2 Å². The van der Waals surface area contributed by atoms with Gasteiger partial charge in [-0.15, -0.1) is 0 Å². The number of halogens is 1. The number of carboxylic acids is 1. The highest BCUT2D eigenvalue weighted by Crippen LogP contribution is 2.27. The van der Waals surface area contributed by atoms with E-state index >= 15 is 0 Å². The first-order valence-electron chi connectivity index (χ1n) is 9.52. The van der Waals surface area contributed by atoms with E-state index in [2.05, 4.69) is 5.32 Å². The van der Waals surface area contributed by atoms with Gasteiger partial charge < -0.3 is 24.5 Å². The minimum Gasteiger partial charge on any atom is -0.477 e. The lowest BCUT2D eigenvalue weighted by molar-refractivity contribution is -0.156. The molecule has 8 heteroatoms. The van der Waals surface area contributed by atoms with Crippen LogP contribution in [0.1, 0.15) is 29.4 Å². The van der Waals surface area contributed by atoms with E-state index in [1.165, 1.54) is 12.1 Å². The average Bonchev–Trinajstić information content (AvgIpc) is 3.27. The van der Waals surface area contributed by atoms with Gasteiger partial charge in [0.05, 0.1) is 26.2 Å². The van der Waals surface area contributed by atoms with Crippen LogP contribution in [0.15, 0.2) is 48.5 Å². The Morgan fingerprint density at radius 3 is 2.60 bits per heavy atom. The summed E-state index contributed by atoms with van der Waals surface area (Å²) >= 11 is 0. The van der Waals surface area contributed by atoms with E-state index in [9.17, 15) is 19.1 Å². The second-order valence-corrected chi connectivity index (χ2v) is 7.34. The molecule has 2 heterocycles. The maximum Gasteiger partial charge on any atom is 0.352 e. The number of aromatic carboxylic acids is 1. The fraction of sp³-hybridized carbons (Fsp3) is 0.273. The van der Waals surface area contributed by atoms with Gasteiger partial charge in [0.25, 0.3) is 0 Å². The Kier molecular flexibility index (Phi) is 5.27. The van der Waals surface area contributed by atoms with Crippen molar-refractivity contribution in [1.29, 1.82) is 0 Å². The van der Waals surface area contributed by atoms with Gasteiger partial charge in [0.2, 0.25) is 5.91 Å². The highest BCUT2D eigenvalue weighted by molar-refractivity contribution is 5.98. The van der Waals surface area contributed by atoms with Gasteiger partial charge in [-0.2, -0.15) is 0 Å². The van der Waals surface area contributed by atoms with Crippen molar-refractivity contribution in [2.24, 2.45) is 0 Å². The third-order valence-corrected chi connectivity index (χ3v) is 5.07. The summed E-state index contributed by atoms with van der Waals surface area (Å²) in [5.74, 6) is -2.72. The van der Waals surface area contributed by atoms with Crippen molar-refractivity contribution < 1.29 is 28.6 Å². The molecule has 1 fully saturated rings. The topological polar surface area (TPSA) is 89.8 Å². The van der Waals surface area contributed by atoms with Crippen molar-refractivity contribution in [2.75, 3.05) is 18.5 Å². The summed E-state index contributed by atoms with van der Waals surface area (Å²) in [5, 5.41) is 13.0. The number of aromatic nitrogens is 1. The number of hydrogen-bond donors (Lipinski definition) is 2. The zero-order valence-electron chi connectivity index (χ0n) is 16.4. The number of nitrogens with zero attached hydrogens (tertiary/aromatic N) is 1. The summed E-state index contributed by atoms with van der Waals surface area (Å²) in [5.41, 5.74) is 1.58. The molecule has 7 nitrogen and oxygen atoms in total. The lowest BCUT2D eigenvalue weighted by Crippen LogP contribution is -2.31. The molecule has 0 radical (unpaired) electrons. The van der Waals surface area contributed by atoms with E-state index in [4.69, 9.17) is 9.47 Å². The Morgan fingerprint density at radius 1 is 1.17 bits per heavy atom. The smallest absolute Gasteiger partial charge is 0.352 e. The number of hydrogen-bond acceptors (Lipinski definition) is 4. The summed E-state index contributed by atoms with van der Waals surface area (Å²) in [6.07, 6.45) is 0.0414. The molecule has 0 aliphatic carbocycles. The molecule has 1 amide bonds. The number of rotatable bonds is 6. The number of carbonyl (C=O) groups excluding carboxylic acids is 1. The summed E-state index contributed by atoms with van der Waals surface area (Å²) in [7, 11) is 0. The predicted molar refractivity (Wildman–Crippen MR) is 108 cm³/mol. The number of carboxylic acid groups (broad SMARTS) is 1. The van der Waals surface area contributed by atoms with Gasteiger partial charge in [-0.05, 0) is 37.3 Å². The van der Waals surface area contributed by atoms with Crippen LogP contribution in [-0.4, -0.2) is 40.6 Å². The maximum atomic E-state index is 14.1. The molecule has 0 saturated carbocycles. The van der Waals surface area contributed by atoms with Crippen molar-refractivity contribution in [3.63, 3.8) is 0 Å². The standard InChI is InChI=1S/C22H21FN2O5/c1-22(29-8-9-30-22)12-20(26)24-16-6-7-18-15(10-16)11-19(21(27)28)25(18)13-14-4-2-3-5-17(14)23/h2-7,10-11H,8-9,12-13H2,1H3,(H,24,26)(H,27,28). The van der Waals surface area contributed by atoms with Crippen LogP contribution in [0.5, 0.6) is 0 Å².